The third-order valence-electron chi connectivity index (χ3n) is 2.60. The molecule has 0 aliphatic rings. The molecule has 22 heavy (non-hydrogen) atoms. The number of esters is 1. The highest BCUT2D eigenvalue weighted by Crippen LogP contribution is 2.33. The fourth-order valence-corrected chi connectivity index (χ4v) is 3.23. The Labute approximate surface area is 160 Å². The highest BCUT2D eigenvalue weighted by Gasteiger charge is 2.16. The first-order chi connectivity index (χ1) is 10.4. The number of hydrogen-bond acceptors (Lipinski definition) is 3. The van der Waals surface area contributed by atoms with Gasteiger partial charge in [0.05, 0.1) is 10.0 Å². The van der Waals surface area contributed by atoms with E-state index in [2.05, 4.69) is 43.8 Å². The van der Waals surface area contributed by atoms with Crippen LogP contribution in [-0.2, 0) is 4.79 Å². The predicted molar refractivity (Wildman–Crippen MR) is 105 cm³/mol. The molecule has 0 amide bonds. The lowest BCUT2D eigenvalue weighted by Crippen LogP contribution is -2.14. The van der Waals surface area contributed by atoms with Crippen LogP contribution in [0.25, 0.3) is 0 Å². The fraction of sp³-hybridized carbons (Fsp3) is 0.0667. The SMILES string of the molecule is CC(=O)Oc1c(Br)cc(Cl)cc1C(=S)Nc1ccc(I)cc1. The van der Waals surface area contributed by atoms with E-state index in [1.807, 2.05) is 24.3 Å². The van der Waals surface area contributed by atoms with Crippen molar-refractivity contribution in [1.82, 2.24) is 0 Å². The first-order valence-corrected chi connectivity index (χ1v) is 8.77. The molecule has 0 saturated carbocycles. The van der Waals surface area contributed by atoms with E-state index < -0.39 is 5.97 Å². The molecule has 0 bridgehead atoms. The molecule has 2 rings (SSSR count). The van der Waals surface area contributed by atoms with Gasteiger partial charge in [-0.25, -0.2) is 0 Å². The van der Waals surface area contributed by atoms with E-state index in [0.717, 1.165) is 9.26 Å². The molecule has 1 N–H and O–H groups in total. The number of halogens is 3. The summed E-state index contributed by atoms with van der Waals surface area (Å²) in [6.07, 6.45) is 0. The van der Waals surface area contributed by atoms with Gasteiger partial charge in [-0.1, -0.05) is 23.8 Å². The van der Waals surface area contributed by atoms with Gasteiger partial charge < -0.3 is 10.1 Å². The van der Waals surface area contributed by atoms with Gasteiger partial charge in [0.15, 0.2) is 5.75 Å². The van der Waals surface area contributed by atoms with Crippen molar-refractivity contribution in [3.05, 3.63) is 55.0 Å². The lowest BCUT2D eigenvalue weighted by atomic mass is 10.2. The minimum absolute atomic E-state index is 0.347. The highest BCUT2D eigenvalue weighted by molar-refractivity contribution is 14.1. The average Bonchev–Trinajstić information content (AvgIpc) is 2.43. The van der Waals surface area contributed by atoms with Gasteiger partial charge in [-0.15, -0.1) is 0 Å². The number of hydrogen-bond donors (Lipinski definition) is 1. The van der Waals surface area contributed by atoms with Gasteiger partial charge in [0.2, 0.25) is 0 Å². The van der Waals surface area contributed by atoms with E-state index in [-0.39, 0.29) is 0 Å². The Bertz CT molecular complexity index is 737. The van der Waals surface area contributed by atoms with Crippen molar-refractivity contribution in [2.45, 2.75) is 6.92 Å². The van der Waals surface area contributed by atoms with Gasteiger partial charge in [-0.2, -0.15) is 0 Å². The summed E-state index contributed by atoms with van der Waals surface area (Å²) in [6.45, 7) is 1.33. The molecule has 0 aliphatic carbocycles. The molecule has 2 aromatic carbocycles. The van der Waals surface area contributed by atoms with Crippen LogP contribution in [0.3, 0.4) is 0 Å². The number of ether oxygens (including phenoxy) is 1. The second kappa shape index (κ2) is 7.72. The number of nitrogens with one attached hydrogen (secondary N) is 1. The van der Waals surface area contributed by atoms with Gasteiger partial charge in [0, 0.05) is 21.2 Å². The molecule has 114 valence electrons. The van der Waals surface area contributed by atoms with Crippen molar-refractivity contribution in [2.24, 2.45) is 0 Å². The predicted octanol–water partition coefficient (Wildman–Crippen LogP) is 5.42. The molecular weight excluding hydrogens is 500 g/mol. The number of rotatable bonds is 3. The molecule has 0 unspecified atom stereocenters. The smallest absolute Gasteiger partial charge is 0.308 e. The molecule has 7 heteroatoms. The maximum atomic E-state index is 11.3. The maximum Gasteiger partial charge on any atom is 0.308 e. The van der Waals surface area contributed by atoms with Crippen molar-refractivity contribution < 1.29 is 9.53 Å². The second-order valence-electron chi connectivity index (χ2n) is 4.32. The summed E-state index contributed by atoms with van der Waals surface area (Å²) in [5.74, 6) is -0.0822. The largest absolute Gasteiger partial charge is 0.425 e. The Morgan fingerprint density at radius 3 is 2.55 bits per heavy atom. The zero-order valence-corrected chi connectivity index (χ0v) is 16.6. The van der Waals surface area contributed by atoms with Gasteiger partial charge in [0.25, 0.3) is 0 Å². The molecule has 0 atom stereocenters. The normalized spacial score (nSPS) is 10.2. The quantitative estimate of drug-likeness (QED) is 0.259. The highest BCUT2D eigenvalue weighted by atomic mass is 127. The molecule has 0 aromatic heterocycles. The molecule has 2 aromatic rings. The minimum Gasteiger partial charge on any atom is -0.425 e. The number of benzene rings is 2. The van der Waals surface area contributed by atoms with Crippen LogP contribution in [0.1, 0.15) is 12.5 Å². The van der Waals surface area contributed by atoms with Crippen LogP contribution in [0.5, 0.6) is 5.75 Å². The summed E-state index contributed by atoms with van der Waals surface area (Å²) in [4.78, 5) is 11.7. The van der Waals surface area contributed by atoms with Crippen LogP contribution >= 0.6 is 62.3 Å². The summed E-state index contributed by atoms with van der Waals surface area (Å²) in [6, 6.07) is 11.1. The van der Waals surface area contributed by atoms with Crippen molar-refractivity contribution in [2.75, 3.05) is 5.32 Å². The van der Waals surface area contributed by atoms with E-state index in [1.165, 1.54) is 6.92 Å². The number of carbonyl (C=O) groups excluding carboxylic acids is 1. The molecule has 0 radical (unpaired) electrons. The van der Waals surface area contributed by atoms with Gasteiger partial charge in [-0.05, 0) is 74.9 Å². The Kier molecular flexibility index (Phi) is 6.19. The van der Waals surface area contributed by atoms with E-state index in [4.69, 9.17) is 28.6 Å². The standard InChI is InChI=1S/C15H10BrClINO2S/c1-8(20)21-14-12(6-9(17)7-13(14)16)15(22)19-11-4-2-10(18)3-5-11/h2-7H,1H3,(H,19,22). The Morgan fingerprint density at radius 2 is 1.95 bits per heavy atom. The average molecular weight is 511 g/mol. The van der Waals surface area contributed by atoms with Crippen LogP contribution < -0.4 is 10.1 Å². The number of thiocarbonyl (C=S) groups is 1. The third kappa shape index (κ3) is 4.65. The lowest BCUT2D eigenvalue weighted by molar-refractivity contribution is -0.131. The Hall–Kier alpha value is -0.700. The zero-order chi connectivity index (χ0) is 16.3. The van der Waals surface area contributed by atoms with E-state index >= 15 is 0 Å². The monoisotopic (exact) mass is 509 g/mol. The Balaban J connectivity index is 2.35. The first-order valence-electron chi connectivity index (χ1n) is 6.11. The van der Waals surface area contributed by atoms with Crippen LogP contribution in [0.15, 0.2) is 40.9 Å². The maximum absolute atomic E-state index is 11.3. The minimum atomic E-state index is -0.429. The van der Waals surface area contributed by atoms with Crippen molar-refractivity contribution >= 4 is 79.0 Å². The lowest BCUT2D eigenvalue weighted by Gasteiger charge is -2.14. The first kappa shape index (κ1) is 17.7. The topological polar surface area (TPSA) is 38.3 Å². The third-order valence-corrected chi connectivity index (χ3v) is 4.45. The summed E-state index contributed by atoms with van der Waals surface area (Å²) in [5, 5.41) is 3.60. The molecule has 0 aliphatic heterocycles. The Morgan fingerprint density at radius 1 is 1.32 bits per heavy atom. The summed E-state index contributed by atoms with van der Waals surface area (Å²) in [5.41, 5.74) is 1.39. The number of carbonyl (C=O) groups is 1. The van der Waals surface area contributed by atoms with Gasteiger partial charge >= 0.3 is 5.97 Å². The number of anilines is 1. The summed E-state index contributed by atoms with van der Waals surface area (Å²) in [7, 11) is 0. The molecule has 0 fully saturated rings. The molecule has 0 saturated heterocycles. The molecule has 3 nitrogen and oxygen atoms in total. The fourth-order valence-electron chi connectivity index (χ4n) is 1.71. The molecular formula is C15H10BrClINO2S. The van der Waals surface area contributed by atoms with E-state index in [0.29, 0.717) is 25.8 Å². The van der Waals surface area contributed by atoms with Gasteiger partial charge in [0.1, 0.15) is 4.99 Å². The van der Waals surface area contributed by atoms with Crippen LogP contribution in [0.2, 0.25) is 5.02 Å². The van der Waals surface area contributed by atoms with E-state index in [1.54, 1.807) is 12.1 Å². The summed E-state index contributed by atoms with van der Waals surface area (Å²) < 4.78 is 6.93. The van der Waals surface area contributed by atoms with Crippen LogP contribution in [0.4, 0.5) is 5.69 Å². The van der Waals surface area contributed by atoms with Crippen LogP contribution in [-0.4, -0.2) is 11.0 Å². The second-order valence-corrected chi connectivity index (χ2v) is 7.26. The molecule has 0 heterocycles. The van der Waals surface area contributed by atoms with Gasteiger partial charge in [-0.3, -0.25) is 4.79 Å². The van der Waals surface area contributed by atoms with Crippen molar-refractivity contribution in [3.63, 3.8) is 0 Å². The van der Waals surface area contributed by atoms with Crippen molar-refractivity contribution in [3.8, 4) is 5.75 Å². The zero-order valence-electron chi connectivity index (χ0n) is 11.3. The van der Waals surface area contributed by atoms with Crippen molar-refractivity contribution in [1.29, 1.82) is 0 Å². The van der Waals surface area contributed by atoms with Crippen LogP contribution in [0, 0.1) is 3.57 Å². The molecule has 0 spiro atoms. The van der Waals surface area contributed by atoms with E-state index in [9.17, 15) is 4.79 Å². The summed E-state index contributed by atoms with van der Waals surface area (Å²) >= 11 is 17.0.